The van der Waals surface area contributed by atoms with Gasteiger partial charge in [-0.25, -0.2) is 9.78 Å². The van der Waals surface area contributed by atoms with Crippen molar-refractivity contribution < 1.29 is 19.0 Å². The van der Waals surface area contributed by atoms with Crippen LogP contribution in [0.2, 0.25) is 4.34 Å². The third-order valence-corrected chi connectivity index (χ3v) is 4.83. The Morgan fingerprint density at radius 1 is 1.52 bits per heavy atom. The van der Waals surface area contributed by atoms with Crippen LogP contribution in [0.25, 0.3) is 0 Å². The monoisotopic (exact) mass is 353 g/mol. The number of hydrogen-bond donors (Lipinski definition) is 0. The normalized spacial score (nSPS) is 18.6. The van der Waals surface area contributed by atoms with Gasteiger partial charge < -0.3 is 14.2 Å². The van der Waals surface area contributed by atoms with E-state index in [0.717, 1.165) is 11.4 Å². The van der Waals surface area contributed by atoms with E-state index < -0.39 is 5.97 Å². The third kappa shape index (κ3) is 3.83. The van der Waals surface area contributed by atoms with Crippen LogP contribution < -0.4 is 4.74 Å². The molecule has 2 aromatic rings. The van der Waals surface area contributed by atoms with Crippen LogP contribution in [0.15, 0.2) is 30.5 Å². The zero-order valence-corrected chi connectivity index (χ0v) is 14.1. The number of esters is 1. The molecule has 2 atom stereocenters. The van der Waals surface area contributed by atoms with Crippen molar-refractivity contribution in [1.29, 1.82) is 0 Å². The molecule has 1 aliphatic heterocycles. The van der Waals surface area contributed by atoms with Gasteiger partial charge >= 0.3 is 5.97 Å². The van der Waals surface area contributed by atoms with Gasteiger partial charge in [0, 0.05) is 12.5 Å². The first-order valence-corrected chi connectivity index (χ1v) is 8.41. The molecule has 0 aliphatic carbocycles. The van der Waals surface area contributed by atoms with Crippen LogP contribution in [-0.2, 0) is 9.47 Å². The summed E-state index contributed by atoms with van der Waals surface area (Å²) >= 11 is 7.41. The number of ether oxygens (including phenoxy) is 3. The van der Waals surface area contributed by atoms with Crippen molar-refractivity contribution in [2.45, 2.75) is 12.5 Å². The highest BCUT2D eigenvalue weighted by atomic mass is 35.5. The number of nitrogens with zero attached hydrogens (tertiary/aromatic N) is 1. The van der Waals surface area contributed by atoms with E-state index in [4.69, 9.17) is 25.8 Å². The van der Waals surface area contributed by atoms with Crippen LogP contribution in [0.4, 0.5) is 0 Å². The van der Waals surface area contributed by atoms with E-state index in [-0.39, 0.29) is 12.0 Å². The lowest BCUT2D eigenvalue weighted by Crippen LogP contribution is -2.19. The van der Waals surface area contributed by atoms with Gasteiger partial charge in [-0.05, 0) is 24.6 Å². The van der Waals surface area contributed by atoms with E-state index in [9.17, 15) is 4.79 Å². The fraction of sp³-hybridized carbons (Fsp3) is 0.375. The zero-order valence-electron chi connectivity index (χ0n) is 12.5. The Labute approximate surface area is 143 Å². The van der Waals surface area contributed by atoms with Gasteiger partial charge in [-0.3, -0.25) is 0 Å². The summed E-state index contributed by atoms with van der Waals surface area (Å²) in [6.45, 7) is 1.34. The van der Waals surface area contributed by atoms with E-state index in [0.29, 0.717) is 28.9 Å². The summed E-state index contributed by atoms with van der Waals surface area (Å²) < 4.78 is 17.0. The first-order valence-electron chi connectivity index (χ1n) is 7.21. The van der Waals surface area contributed by atoms with Gasteiger partial charge in [0.15, 0.2) is 6.10 Å². The van der Waals surface area contributed by atoms with Crippen molar-refractivity contribution in [2.24, 2.45) is 5.92 Å². The summed E-state index contributed by atoms with van der Waals surface area (Å²) in [7, 11) is 1.35. The number of hydrogen-bond acceptors (Lipinski definition) is 6. The number of rotatable bonds is 5. The van der Waals surface area contributed by atoms with Crippen LogP contribution in [0.1, 0.15) is 27.9 Å². The average Bonchev–Trinajstić information content (AvgIpc) is 3.24. The molecule has 1 aromatic carbocycles. The molecule has 1 unspecified atom stereocenters. The molecule has 2 heterocycles. The maximum Gasteiger partial charge on any atom is 0.337 e. The molecule has 1 saturated heterocycles. The largest absolute Gasteiger partial charge is 0.483 e. The van der Waals surface area contributed by atoms with Crippen molar-refractivity contribution in [1.82, 2.24) is 4.98 Å². The smallest absolute Gasteiger partial charge is 0.337 e. The summed E-state index contributed by atoms with van der Waals surface area (Å²) in [5.74, 6) is 0.406. The van der Waals surface area contributed by atoms with Crippen molar-refractivity contribution >= 4 is 28.9 Å². The van der Waals surface area contributed by atoms with E-state index in [1.165, 1.54) is 18.4 Å². The van der Waals surface area contributed by atoms with Crippen LogP contribution in [0.3, 0.4) is 0 Å². The van der Waals surface area contributed by atoms with Crippen molar-refractivity contribution in [3.63, 3.8) is 0 Å². The lowest BCUT2D eigenvalue weighted by atomic mass is 10.0. The van der Waals surface area contributed by atoms with Crippen molar-refractivity contribution in [3.05, 3.63) is 45.4 Å². The van der Waals surface area contributed by atoms with E-state index in [1.807, 2.05) is 6.07 Å². The first-order chi connectivity index (χ1) is 11.2. The SMILES string of the molecule is COC(=O)c1cccc(OC(c2ncc(Cl)s2)[C@H]2CCOC2)c1. The fourth-order valence-electron chi connectivity index (χ4n) is 2.50. The van der Waals surface area contributed by atoms with Crippen molar-refractivity contribution in [2.75, 3.05) is 20.3 Å². The molecule has 122 valence electrons. The number of methoxy groups -OCH3 is 1. The molecule has 0 N–H and O–H groups in total. The highest BCUT2D eigenvalue weighted by molar-refractivity contribution is 7.15. The van der Waals surface area contributed by atoms with Gasteiger partial charge in [-0.1, -0.05) is 17.7 Å². The van der Waals surface area contributed by atoms with Gasteiger partial charge in [0.2, 0.25) is 0 Å². The average molecular weight is 354 g/mol. The van der Waals surface area contributed by atoms with Gasteiger partial charge in [0.05, 0.1) is 25.5 Å². The Morgan fingerprint density at radius 3 is 3.04 bits per heavy atom. The molecule has 1 fully saturated rings. The van der Waals surface area contributed by atoms with E-state index in [1.54, 1.807) is 24.4 Å². The summed E-state index contributed by atoms with van der Waals surface area (Å²) in [5, 5.41) is 0.814. The second kappa shape index (κ2) is 7.29. The van der Waals surface area contributed by atoms with Gasteiger partial charge in [-0.2, -0.15) is 0 Å². The lowest BCUT2D eigenvalue weighted by Gasteiger charge is -2.22. The summed E-state index contributed by atoms with van der Waals surface area (Å²) in [6.07, 6.45) is 2.28. The summed E-state index contributed by atoms with van der Waals surface area (Å²) in [5.41, 5.74) is 0.448. The Morgan fingerprint density at radius 2 is 2.39 bits per heavy atom. The number of carbonyl (C=O) groups is 1. The fourth-order valence-corrected chi connectivity index (χ4v) is 3.55. The van der Waals surface area contributed by atoms with Gasteiger partial charge in [-0.15, -0.1) is 11.3 Å². The van der Waals surface area contributed by atoms with Crippen molar-refractivity contribution in [3.8, 4) is 5.75 Å². The molecular formula is C16H16ClNO4S. The molecule has 0 amide bonds. The van der Waals surface area contributed by atoms with Gasteiger partial charge in [0.1, 0.15) is 15.1 Å². The van der Waals surface area contributed by atoms with E-state index >= 15 is 0 Å². The number of benzene rings is 1. The summed E-state index contributed by atoms with van der Waals surface area (Å²) in [4.78, 5) is 16.0. The second-order valence-electron chi connectivity index (χ2n) is 5.18. The molecule has 1 aromatic heterocycles. The number of carbonyl (C=O) groups excluding carboxylic acids is 1. The van der Waals surface area contributed by atoms with E-state index in [2.05, 4.69) is 4.98 Å². The predicted octanol–water partition coefficient (Wildman–Crippen LogP) is 3.74. The topological polar surface area (TPSA) is 57.7 Å². The van der Waals surface area contributed by atoms with Crippen LogP contribution >= 0.6 is 22.9 Å². The Hall–Kier alpha value is -1.63. The molecule has 0 bridgehead atoms. The Balaban J connectivity index is 1.85. The van der Waals surface area contributed by atoms with Crippen LogP contribution in [0, 0.1) is 5.92 Å². The number of aromatic nitrogens is 1. The lowest BCUT2D eigenvalue weighted by molar-refractivity contribution is 0.0599. The molecule has 5 nitrogen and oxygen atoms in total. The summed E-state index contributed by atoms with van der Waals surface area (Å²) in [6, 6.07) is 6.93. The highest BCUT2D eigenvalue weighted by Crippen LogP contribution is 2.36. The molecule has 1 aliphatic rings. The molecule has 23 heavy (non-hydrogen) atoms. The molecule has 0 spiro atoms. The first kappa shape index (κ1) is 16.2. The quantitative estimate of drug-likeness (QED) is 0.766. The molecule has 0 radical (unpaired) electrons. The van der Waals surface area contributed by atoms with Crippen LogP contribution in [-0.4, -0.2) is 31.3 Å². The minimum absolute atomic E-state index is 0.207. The standard InChI is InChI=1S/C16H16ClNO4S/c1-20-16(19)10-3-2-4-12(7-10)22-14(11-5-6-21-9-11)15-18-8-13(17)23-15/h2-4,7-8,11,14H,5-6,9H2,1H3/t11-,14?/m0/s1. The molecule has 0 saturated carbocycles. The second-order valence-corrected chi connectivity index (χ2v) is 6.88. The maximum absolute atomic E-state index is 11.7. The molecular weight excluding hydrogens is 338 g/mol. The zero-order chi connectivity index (χ0) is 16.2. The molecule has 7 heteroatoms. The third-order valence-electron chi connectivity index (χ3n) is 3.65. The Bertz CT molecular complexity index is 684. The number of thiazole rings is 1. The van der Waals surface area contributed by atoms with Gasteiger partial charge in [0.25, 0.3) is 0 Å². The highest BCUT2D eigenvalue weighted by Gasteiger charge is 2.31. The maximum atomic E-state index is 11.7. The van der Waals surface area contributed by atoms with Crippen LogP contribution in [0.5, 0.6) is 5.75 Å². The minimum atomic E-state index is -0.395. The predicted molar refractivity (Wildman–Crippen MR) is 87.2 cm³/mol. The number of halogens is 1. The minimum Gasteiger partial charge on any atom is -0.483 e. The molecule has 3 rings (SSSR count). The Kier molecular flexibility index (Phi) is 5.15.